The molecule has 0 saturated carbocycles. The summed E-state index contributed by atoms with van der Waals surface area (Å²) in [6.45, 7) is 2.20. The summed E-state index contributed by atoms with van der Waals surface area (Å²) in [6, 6.07) is 15.9. The summed E-state index contributed by atoms with van der Waals surface area (Å²) in [5.41, 5.74) is 5.02. The Morgan fingerprint density at radius 3 is 2.62 bits per heavy atom. The molecule has 0 saturated heterocycles. The van der Waals surface area contributed by atoms with Crippen molar-refractivity contribution in [1.82, 2.24) is 0 Å². The highest BCUT2D eigenvalue weighted by molar-refractivity contribution is 6.14. The maximum atomic E-state index is 13.8. The summed E-state index contributed by atoms with van der Waals surface area (Å²) in [5.74, 6) is -0.473. The first kappa shape index (κ1) is 17.1. The largest absolute Gasteiger partial charge is 0.439 e. The number of nitriles is 1. The third kappa shape index (κ3) is 1.90. The van der Waals surface area contributed by atoms with Crippen LogP contribution in [0.15, 0.2) is 69.2 Å². The molecule has 5 rings (SSSR count). The van der Waals surface area contributed by atoms with Crippen molar-refractivity contribution in [2.75, 3.05) is 11.4 Å². The minimum absolute atomic E-state index is 0.0182. The van der Waals surface area contributed by atoms with Gasteiger partial charge in [-0.15, -0.1) is 0 Å². The van der Waals surface area contributed by atoms with Gasteiger partial charge in [0.05, 0.1) is 5.39 Å². The fraction of sp³-hybridized carbons (Fsp3) is 0.136. The second-order valence-corrected chi connectivity index (χ2v) is 6.86. The van der Waals surface area contributed by atoms with E-state index in [1.165, 1.54) is 0 Å². The van der Waals surface area contributed by atoms with Gasteiger partial charge in [-0.25, -0.2) is 4.79 Å². The molecule has 1 spiro atoms. The summed E-state index contributed by atoms with van der Waals surface area (Å²) in [6.07, 6.45) is 0. The molecule has 1 aromatic heterocycles. The zero-order valence-corrected chi connectivity index (χ0v) is 15.4. The van der Waals surface area contributed by atoms with Crippen LogP contribution in [0.3, 0.4) is 0 Å². The van der Waals surface area contributed by atoms with Crippen molar-refractivity contribution in [2.24, 2.45) is 5.73 Å². The normalized spacial score (nSPS) is 19.9. The Kier molecular flexibility index (Phi) is 3.37. The van der Waals surface area contributed by atoms with E-state index in [4.69, 9.17) is 14.9 Å². The van der Waals surface area contributed by atoms with Crippen LogP contribution in [0.1, 0.15) is 18.1 Å². The molecule has 1 atom stereocenters. The van der Waals surface area contributed by atoms with Gasteiger partial charge in [-0.2, -0.15) is 5.26 Å². The zero-order valence-electron chi connectivity index (χ0n) is 15.4. The minimum Gasteiger partial charge on any atom is -0.439 e. The first-order chi connectivity index (χ1) is 14.1. The molecule has 2 aliphatic rings. The Morgan fingerprint density at radius 2 is 1.86 bits per heavy atom. The highest BCUT2D eigenvalue weighted by Crippen LogP contribution is 2.55. The fourth-order valence-corrected chi connectivity index (χ4v) is 4.41. The predicted molar refractivity (Wildman–Crippen MR) is 105 cm³/mol. The van der Waals surface area contributed by atoms with Gasteiger partial charge in [0.15, 0.2) is 11.2 Å². The van der Waals surface area contributed by atoms with Crippen LogP contribution >= 0.6 is 0 Å². The average Bonchev–Trinajstić information content (AvgIpc) is 2.96. The lowest BCUT2D eigenvalue weighted by atomic mass is 9.69. The third-order valence-corrected chi connectivity index (χ3v) is 5.57. The van der Waals surface area contributed by atoms with E-state index < -0.39 is 16.9 Å². The maximum Gasteiger partial charge on any atom is 0.345 e. The molecule has 2 N–H and O–H groups in total. The molecule has 0 unspecified atom stereocenters. The lowest BCUT2D eigenvalue weighted by Crippen LogP contribution is -2.48. The van der Waals surface area contributed by atoms with Gasteiger partial charge >= 0.3 is 5.63 Å². The van der Waals surface area contributed by atoms with E-state index in [1.807, 2.05) is 13.0 Å². The van der Waals surface area contributed by atoms with Gasteiger partial charge in [0.1, 0.15) is 22.8 Å². The average molecular weight is 385 g/mol. The van der Waals surface area contributed by atoms with Crippen molar-refractivity contribution in [3.05, 3.63) is 81.5 Å². The van der Waals surface area contributed by atoms with Crippen LogP contribution in [0, 0.1) is 11.3 Å². The number of carbonyl (C=O) groups excluding carboxylic acids is 1. The van der Waals surface area contributed by atoms with Crippen molar-refractivity contribution in [2.45, 2.75) is 12.3 Å². The predicted octanol–water partition coefficient (Wildman–Crippen LogP) is 2.53. The maximum absolute atomic E-state index is 13.8. The third-order valence-electron chi connectivity index (χ3n) is 5.57. The van der Waals surface area contributed by atoms with Gasteiger partial charge in [0.2, 0.25) is 11.8 Å². The first-order valence-corrected chi connectivity index (χ1v) is 9.11. The Labute approximate surface area is 165 Å². The number of para-hydroxylation sites is 2. The molecule has 7 heteroatoms. The van der Waals surface area contributed by atoms with Crippen LogP contribution < -0.4 is 21.0 Å². The number of nitrogens with two attached hydrogens (primary N) is 1. The summed E-state index contributed by atoms with van der Waals surface area (Å²) in [5, 5.41) is 10.4. The monoisotopic (exact) mass is 385 g/mol. The van der Waals surface area contributed by atoms with E-state index >= 15 is 0 Å². The molecule has 0 aliphatic carbocycles. The minimum atomic E-state index is -1.70. The molecule has 3 heterocycles. The topological polar surface area (TPSA) is 110 Å². The van der Waals surface area contributed by atoms with Crippen molar-refractivity contribution < 1.29 is 13.9 Å². The summed E-state index contributed by atoms with van der Waals surface area (Å²) < 4.78 is 11.3. The Morgan fingerprint density at radius 1 is 1.14 bits per heavy atom. The number of likely N-dealkylation sites (N-methyl/N-ethyl adjacent to an activating group) is 1. The van der Waals surface area contributed by atoms with Crippen LogP contribution in [0.2, 0.25) is 0 Å². The number of nitrogens with zero attached hydrogens (tertiary/aromatic N) is 2. The van der Waals surface area contributed by atoms with Gasteiger partial charge in [0.25, 0.3) is 0 Å². The molecule has 0 fully saturated rings. The van der Waals surface area contributed by atoms with Crippen molar-refractivity contribution in [1.29, 1.82) is 5.26 Å². The van der Waals surface area contributed by atoms with Crippen LogP contribution in [-0.2, 0) is 10.2 Å². The van der Waals surface area contributed by atoms with E-state index in [-0.39, 0.29) is 22.8 Å². The highest BCUT2D eigenvalue weighted by atomic mass is 16.5. The second-order valence-electron chi connectivity index (χ2n) is 6.86. The lowest BCUT2D eigenvalue weighted by Gasteiger charge is -2.33. The van der Waals surface area contributed by atoms with Crippen molar-refractivity contribution in [3.63, 3.8) is 0 Å². The standard InChI is InChI=1S/C22H15N3O4/c1-2-25-15-9-5-4-8-13(15)22(21(25)27)14(11-23)19(24)29-18-12-7-3-6-10-16(12)28-20(26)17(18)22/h3-10H,2,24H2,1H3/t22-/m1/s1. The van der Waals surface area contributed by atoms with Crippen molar-refractivity contribution in [3.8, 4) is 11.8 Å². The van der Waals surface area contributed by atoms with Gasteiger partial charge in [0, 0.05) is 17.8 Å². The van der Waals surface area contributed by atoms with E-state index in [0.29, 0.717) is 28.8 Å². The number of amides is 1. The lowest BCUT2D eigenvalue weighted by molar-refractivity contribution is -0.121. The molecular weight excluding hydrogens is 370 g/mol. The van der Waals surface area contributed by atoms with E-state index in [9.17, 15) is 14.9 Å². The number of rotatable bonds is 1. The van der Waals surface area contributed by atoms with Crippen molar-refractivity contribution >= 4 is 22.6 Å². The summed E-state index contributed by atoms with van der Waals surface area (Å²) >= 11 is 0. The molecule has 1 amide bonds. The van der Waals surface area contributed by atoms with Crippen LogP contribution in [0.4, 0.5) is 5.69 Å². The van der Waals surface area contributed by atoms with Gasteiger partial charge in [-0.05, 0) is 25.1 Å². The summed E-state index contributed by atoms with van der Waals surface area (Å²) in [7, 11) is 0. The SMILES string of the molecule is CCN1C(=O)[C@@]2(C(C#N)=C(N)Oc3c2c(=O)oc2ccccc32)c2ccccc21. The molecule has 3 aromatic rings. The van der Waals surface area contributed by atoms with Gasteiger partial charge < -0.3 is 19.8 Å². The second kappa shape index (κ2) is 5.72. The molecule has 2 aliphatic heterocycles. The smallest absolute Gasteiger partial charge is 0.345 e. The molecule has 142 valence electrons. The number of ether oxygens (including phenoxy) is 1. The number of fused-ring (bicyclic) bond motifs is 6. The fourth-order valence-electron chi connectivity index (χ4n) is 4.41. The summed E-state index contributed by atoms with van der Waals surface area (Å²) in [4.78, 5) is 28.5. The van der Waals surface area contributed by atoms with Gasteiger partial charge in [-0.1, -0.05) is 30.3 Å². The molecule has 7 nitrogen and oxygen atoms in total. The highest BCUT2D eigenvalue weighted by Gasteiger charge is 2.60. The van der Waals surface area contributed by atoms with E-state index in [0.717, 1.165) is 0 Å². The quantitative estimate of drug-likeness (QED) is 0.645. The molecule has 0 radical (unpaired) electrons. The van der Waals surface area contributed by atoms with Crippen LogP contribution in [0.25, 0.3) is 11.0 Å². The van der Waals surface area contributed by atoms with E-state index in [1.54, 1.807) is 53.4 Å². The van der Waals surface area contributed by atoms with Gasteiger partial charge in [-0.3, -0.25) is 4.79 Å². The zero-order chi connectivity index (χ0) is 20.3. The Balaban J connectivity index is 2.02. The Hall–Kier alpha value is -4.05. The number of hydrogen-bond donors (Lipinski definition) is 1. The number of benzene rings is 2. The Bertz CT molecular complexity index is 1350. The molecule has 29 heavy (non-hydrogen) atoms. The van der Waals surface area contributed by atoms with E-state index in [2.05, 4.69) is 0 Å². The first-order valence-electron chi connectivity index (χ1n) is 9.11. The number of hydrogen-bond acceptors (Lipinski definition) is 6. The molecule has 2 aromatic carbocycles. The van der Waals surface area contributed by atoms with Crippen LogP contribution in [0.5, 0.6) is 5.75 Å². The number of carbonyl (C=O) groups is 1. The molecular formula is C22H15N3O4. The number of anilines is 1. The van der Waals surface area contributed by atoms with Crippen LogP contribution in [-0.4, -0.2) is 12.5 Å². The molecule has 0 bridgehead atoms.